The molecule has 1 aromatic carbocycles. The number of guanidine groups is 1. The van der Waals surface area contributed by atoms with Gasteiger partial charge in [-0.15, -0.1) is 24.0 Å². The van der Waals surface area contributed by atoms with E-state index in [9.17, 15) is 0 Å². The van der Waals surface area contributed by atoms with Gasteiger partial charge in [-0.3, -0.25) is 9.67 Å². The molecule has 1 aliphatic heterocycles. The Balaban J connectivity index is 0.00000306. The number of ether oxygens (including phenoxy) is 2. The molecular formula is C24H32IN5O3. The summed E-state index contributed by atoms with van der Waals surface area (Å²) in [6, 6.07) is 12.1. The van der Waals surface area contributed by atoms with E-state index >= 15 is 0 Å². The Hall–Kier alpha value is -2.53. The van der Waals surface area contributed by atoms with Crippen molar-refractivity contribution >= 4 is 29.9 Å². The molecule has 0 bridgehead atoms. The number of aliphatic imine (C=N–C) groups is 1. The van der Waals surface area contributed by atoms with Crippen molar-refractivity contribution in [2.24, 2.45) is 12.0 Å². The number of nitrogens with one attached hydrogen (secondary N) is 1. The van der Waals surface area contributed by atoms with Crippen LogP contribution in [0.25, 0.3) is 0 Å². The molecular weight excluding hydrogens is 533 g/mol. The number of hydrogen-bond acceptors (Lipinski definition) is 5. The second-order valence-electron chi connectivity index (χ2n) is 7.81. The largest absolute Gasteiger partial charge is 0.497 e. The van der Waals surface area contributed by atoms with Crippen molar-refractivity contribution < 1.29 is 13.9 Å². The van der Waals surface area contributed by atoms with Crippen LogP contribution >= 0.6 is 24.0 Å². The van der Waals surface area contributed by atoms with Crippen LogP contribution in [-0.2, 0) is 24.6 Å². The van der Waals surface area contributed by atoms with Gasteiger partial charge in [0.1, 0.15) is 17.6 Å². The SMILES string of the molecule is COc1ccc(CCNC(=NCCc2ccco2)N2CCOC(c3cnn(C)c3)C2)cc1.I. The Bertz CT molecular complexity index is 988. The lowest BCUT2D eigenvalue weighted by Crippen LogP contribution is -2.48. The normalized spacial score (nSPS) is 16.4. The Labute approximate surface area is 212 Å². The number of nitrogens with zero attached hydrogens (tertiary/aromatic N) is 4. The third kappa shape index (κ3) is 7.23. The van der Waals surface area contributed by atoms with Gasteiger partial charge in [0.2, 0.25) is 0 Å². The lowest BCUT2D eigenvalue weighted by Gasteiger charge is -2.35. The summed E-state index contributed by atoms with van der Waals surface area (Å²) in [6.45, 7) is 3.64. The number of furan rings is 1. The molecule has 9 heteroatoms. The molecule has 1 aliphatic rings. The first-order valence-corrected chi connectivity index (χ1v) is 11.0. The highest BCUT2D eigenvalue weighted by molar-refractivity contribution is 14.0. The van der Waals surface area contributed by atoms with Crippen molar-refractivity contribution in [1.29, 1.82) is 0 Å². The van der Waals surface area contributed by atoms with Gasteiger partial charge in [0.05, 0.1) is 32.7 Å². The van der Waals surface area contributed by atoms with Gasteiger partial charge in [0.25, 0.3) is 0 Å². The van der Waals surface area contributed by atoms with E-state index < -0.39 is 0 Å². The first-order chi connectivity index (χ1) is 15.7. The number of rotatable bonds is 8. The first kappa shape index (κ1) is 25.1. The highest BCUT2D eigenvalue weighted by atomic mass is 127. The molecule has 0 amide bonds. The maximum atomic E-state index is 6.01. The van der Waals surface area contributed by atoms with E-state index in [4.69, 9.17) is 18.9 Å². The third-order valence-electron chi connectivity index (χ3n) is 5.52. The second-order valence-corrected chi connectivity index (χ2v) is 7.81. The molecule has 1 N–H and O–H groups in total. The van der Waals surface area contributed by atoms with Crippen LogP contribution < -0.4 is 10.1 Å². The van der Waals surface area contributed by atoms with Crippen LogP contribution in [0.5, 0.6) is 5.75 Å². The number of methoxy groups -OCH3 is 1. The van der Waals surface area contributed by atoms with Crippen LogP contribution in [0, 0.1) is 0 Å². The van der Waals surface area contributed by atoms with Crippen molar-refractivity contribution in [2.45, 2.75) is 18.9 Å². The summed E-state index contributed by atoms with van der Waals surface area (Å²) < 4.78 is 18.5. The van der Waals surface area contributed by atoms with Crippen molar-refractivity contribution in [3.8, 4) is 5.75 Å². The first-order valence-electron chi connectivity index (χ1n) is 11.0. The van der Waals surface area contributed by atoms with Gasteiger partial charge in [-0.2, -0.15) is 5.10 Å². The van der Waals surface area contributed by atoms with Gasteiger partial charge in [-0.25, -0.2) is 0 Å². The van der Waals surface area contributed by atoms with Gasteiger partial charge >= 0.3 is 0 Å². The van der Waals surface area contributed by atoms with Crippen molar-refractivity contribution in [2.75, 3.05) is 39.9 Å². The van der Waals surface area contributed by atoms with E-state index in [0.29, 0.717) is 13.2 Å². The fourth-order valence-corrected chi connectivity index (χ4v) is 3.76. The zero-order valence-electron chi connectivity index (χ0n) is 19.1. The van der Waals surface area contributed by atoms with Crippen LogP contribution in [0.2, 0.25) is 0 Å². The molecule has 0 radical (unpaired) electrons. The topological polar surface area (TPSA) is 77.1 Å². The molecule has 0 spiro atoms. The third-order valence-corrected chi connectivity index (χ3v) is 5.52. The lowest BCUT2D eigenvalue weighted by atomic mass is 10.1. The molecule has 1 saturated heterocycles. The molecule has 178 valence electrons. The van der Waals surface area contributed by atoms with E-state index in [1.807, 2.05) is 48.4 Å². The summed E-state index contributed by atoms with van der Waals surface area (Å²) in [6.07, 6.45) is 7.24. The Kier molecular flexibility index (Phi) is 9.61. The molecule has 0 aliphatic carbocycles. The van der Waals surface area contributed by atoms with Gasteiger partial charge < -0.3 is 24.1 Å². The maximum Gasteiger partial charge on any atom is 0.194 e. The van der Waals surface area contributed by atoms with Crippen LogP contribution in [0.1, 0.15) is 23.0 Å². The summed E-state index contributed by atoms with van der Waals surface area (Å²) >= 11 is 0. The van der Waals surface area contributed by atoms with Crippen molar-refractivity contribution in [1.82, 2.24) is 20.0 Å². The Morgan fingerprint density at radius 1 is 1.24 bits per heavy atom. The average molecular weight is 565 g/mol. The number of hydrogen-bond donors (Lipinski definition) is 1. The van der Waals surface area contributed by atoms with Crippen molar-refractivity contribution in [3.05, 3.63) is 71.9 Å². The number of morpholine rings is 1. The number of halogens is 1. The minimum Gasteiger partial charge on any atom is -0.497 e. The van der Waals surface area contributed by atoms with E-state index in [2.05, 4.69) is 27.4 Å². The quantitative estimate of drug-likeness (QED) is 0.256. The van der Waals surface area contributed by atoms with E-state index in [-0.39, 0.29) is 30.1 Å². The number of aromatic nitrogens is 2. The van der Waals surface area contributed by atoms with E-state index in [1.54, 1.807) is 13.4 Å². The predicted molar refractivity (Wildman–Crippen MR) is 138 cm³/mol. The molecule has 1 unspecified atom stereocenters. The van der Waals surface area contributed by atoms with Crippen LogP contribution in [0.15, 0.2) is 64.5 Å². The molecule has 8 nitrogen and oxygen atoms in total. The molecule has 3 heterocycles. The second kappa shape index (κ2) is 12.6. The summed E-state index contributed by atoms with van der Waals surface area (Å²) in [7, 11) is 3.61. The van der Waals surface area contributed by atoms with Gasteiger partial charge in [-0.1, -0.05) is 12.1 Å². The highest BCUT2D eigenvalue weighted by Crippen LogP contribution is 2.21. The van der Waals surface area contributed by atoms with Gasteiger partial charge in [0, 0.05) is 44.9 Å². The monoisotopic (exact) mass is 565 g/mol. The summed E-state index contributed by atoms with van der Waals surface area (Å²) in [5.41, 5.74) is 2.34. The average Bonchev–Trinajstić information content (AvgIpc) is 3.50. The fourth-order valence-electron chi connectivity index (χ4n) is 3.76. The maximum absolute atomic E-state index is 6.01. The van der Waals surface area contributed by atoms with Gasteiger partial charge in [-0.05, 0) is 36.2 Å². The van der Waals surface area contributed by atoms with Crippen molar-refractivity contribution in [3.63, 3.8) is 0 Å². The molecule has 1 atom stereocenters. The molecule has 1 fully saturated rings. The molecule has 0 saturated carbocycles. The molecule has 2 aromatic heterocycles. The van der Waals surface area contributed by atoms with Crippen LogP contribution in [0.3, 0.4) is 0 Å². The zero-order valence-corrected chi connectivity index (χ0v) is 21.5. The predicted octanol–water partition coefficient (Wildman–Crippen LogP) is 3.44. The zero-order chi connectivity index (χ0) is 22.2. The molecule has 33 heavy (non-hydrogen) atoms. The minimum atomic E-state index is -0.0175. The standard InChI is InChI=1S/C24H31N5O3.HI/c1-28-17-20(16-27-28)23-18-29(13-15-32-23)24(26-12-10-22-4-3-14-31-22)25-11-9-19-5-7-21(30-2)8-6-19;/h3-8,14,16-17,23H,9-13,15,18H2,1-2H3,(H,25,26);1H. The summed E-state index contributed by atoms with van der Waals surface area (Å²) in [4.78, 5) is 7.16. The van der Waals surface area contributed by atoms with E-state index in [1.165, 1.54) is 5.56 Å². The lowest BCUT2D eigenvalue weighted by molar-refractivity contribution is -0.00805. The highest BCUT2D eigenvalue weighted by Gasteiger charge is 2.25. The molecule has 4 rings (SSSR count). The van der Waals surface area contributed by atoms with E-state index in [0.717, 1.165) is 55.5 Å². The van der Waals surface area contributed by atoms with Crippen LogP contribution in [0.4, 0.5) is 0 Å². The summed E-state index contributed by atoms with van der Waals surface area (Å²) in [5, 5.41) is 7.85. The minimum absolute atomic E-state index is 0. The smallest absolute Gasteiger partial charge is 0.194 e. The number of aryl methyl sites for hydroxylation is 1. The molecule has 3 aromatic rings. The van der Waals surface area contributed by atoms with Gasteiger partial charge in [0.15, 0.2) is 5.96 Å². The fraction of sp³-hybridized carbons (Fsp3) is 0.417. The Morgan fingerprint density at radius 3 is 2.79 bits per heavy atom. The number of benzene rings is 1. The Morgan fingerprint density at radius 2 is 2.09 bits per heavy atom. The van der Waals surface area contributed by atoms with Crippen LogP contribution in [-0.4, -0.2) is 60.5 Å². The summed E-state index contributed by atoms with van der Waals surface area (Å²) in [5.74, 6) is 2.72.